The molecule has 1 aromatic carbocycles. The summed E-state index contributed by atoms with van der Waals surface area (Å²) in [6.07, 6.45) is 4.54. The van der Waals surface area contributed by atoms with Crippen LogP contribution in [0.5, 0.6) is 0 Å². The van der Waals surface area contributed by atoms with E-state index in [0.717, 1.165) is 18.9 Å². The molecule has 0 aliphatic carbocycles. The number of rotatable bonds is 8. The standard InChI is InChI=1S/C15H25NS/c1-4-10-16-15(13(2)12-17-3)11-14-8-6-5-7-9-14/h5-9,13,15-16H,4,10-12H2,1-3H3. The first-order chi connectivity index (χ1) is 8.27. The van der Waals surface area contributed by atoms with Crippen molar-refractivity contribution in [1.29, 1.82) is 0 Å². The van der Waals surface area contributed by atoms with Gasteiger partial charge in [0.2, 0.25) is 0 Å². The van der Waals surface area contributed by atoms with Crippen molar-refractivity contribution in [3.05, 3.63) is 35.9 Å². The fourth-order valence-electron chi connectivity index (χ4n) is 2.05. The van der Waals surface area contributed by atoms with Crippen LogP contribution in [0.2, 0.25) is 0 Å². The summed E-state index contributed by atoms with van der Waals surface area (Å²) < 4.78 is 0. The van der Waals surface area contributed by atoms with E-state index in [1.54, 1.807) is 0 Å². The van der Waals surface area contributed by atoms with Gasteiger partial charge in [-0.2, -0.15) is 11.8 Å². The lowest BCUT2D eigenvalue weighted by atomic mass is 9.96. The van der Waals surface area contributed by atoms with Crippen LogP contribution in [0.4, 0.5) is 0 Å². The summed E-state index contributed by atoms with van der Waals surface area (Å²) in [6, 6.07) is 11.4. The van der Waals surface area contributed by atoms with Crippen LogP contribution in [0.25, 0.3) is 0 Å². The first-order valence-electron chi connectivity index (χ1n) is 6.54. The highest BCUT2D eigenvalue weighted by Crippen LogP contribution is 2.14. The second-order valence-corrected chi connectivity index (χ2v) is 5.59. The highest BCUT2D eigenvalue weighted by molar-refractivity contribution is 7.98. The molecule has 0 aromatic heterocycles. The van der Waals surface area contributed by atoms with Crippen LogP contribution in [0, 0.1) is 5.92 Å². The molecule has 0 amide bonds. The largest absolute Gasteiger partial charge is 0.313 e. The molecular formula is C15H25NS. The van der Waals surface area contributed by atoms with Gasteiger partial charge in [-0.3, -0.25) is 0 Å². The Morgan fingerprint density at radius 3 is 2.53 bits per heavy atom. The Morgan fingerprint density at radius 1 is 1.24 bits per heavy atom. The molecule has 1 aromatic rings. The van der Waals surface area contributed by atoms with Gasteiger partial charge in [0.25, 0.3) is 0 Å². The van der Waals surface area contributed by atoms with Gasteiger partial charge < -0.3 is 5.32 Å². The zero-order valence-electron chi connectivity index (χ0n) is 11.3. The van der Waals surface area contributed by atoms with Crippen molar-refractivity contribution in [2.24, 2.45) is 5.92 Å². The number of thioether (sulfide) groups is 1. The second-order valence-electron chi connectivity index (χ2n) is 4.68. The van der Waals surface area contributed by atoms with Crippen LogP contribution in [0.15, 0.2) is 30.3 Å². The van der Waals surface area contributed by atoms with Crippen molar-refractivity contribution >= 4 is 11.8 Å². The SMILES string of the molecule is CCCNC(Cc1ccccc1)C(C)CSC. The first kappa shape index (κ1) is 14.6. The average molecular weight is 251 g/mol. The van der Waals surface area contributed by atoms with Crippen molar-refractivity contribution in [3.63, 3.8) is 0 Å². The minimum atomic E-state index is 0.602. The Kier molecular flexibility index (Phi) is 7.38. The molecule has 0 spiro atoms. The van der Waals surface area contributed by atoms with Gasteiger partial charge in [0.05, 0.1) is 0 Å². The highest BCUT2D eigenvalue weighted by Gasteiger charge is 2.16. The molecule has 1 N–H and O–H groups in total. The van der Waals surface area contributed by atoms with Gasteiger partial charge in [0.1, 0.15) is 0 Å². The second kappa shape index (κ2) is 8.60. The molecule has 0 fully saturated rings. The van der Waals surface area contributed by atoms with Crippen molar-refractivity contribution in [3.8, 4) is 0 Å². The minimum Gasteiger partial charge on any atom is -0.313 e. The molecular weight excluding hydrogens is 226 g/mol. The Labute approximate surface area is 110 Å². The third-order valence-corrected chi connectivity index (χ3v) is 3.93. The molecule has 0 radical (unpaired) electrons. The fourth-order valence-corrected chi connectivity index (χ4v) is 2.81. The molecule has 2 atom stereocenters. The summed E-state index contributed by atoms with van der Waals surface area (Å²) in [7, 11) is 0. The van der Waals surface area contributed by atoms with E-state index >= 15 is 0 Å². The molecule has 2 unspecified atom stereocenters. The fraction of sp³-hybridized carbons (Fsp3) is 0.600. The number of hydrogen-bond donors (Lipinski definition) is 1. The normalized spacial score (nSPS) is 14.5. The van der Waals surface area contributed by atoms with E-state index in [-0.39, 0.29) is 0 Å². The Balaban J connectivity index is 2.56. The Morgan fingerprint density at radius 2 is 1.94 bits per heavy atom. The molecule has 1 nitrogen and oxygen atoms in total. The van der Waals surface area contributed by atoms with Crippen LogP contribution in [0.1, 0.15) is 25.8 Å². The van der Waals surface area contributed by atoms with Crippen LogP contribution in [0.3, 0.4) is 0 Å². The van der Waals surface area contributed by atoms with Gasteiger partial charge in [-0.1, -0.05) is 44.2 Å². The van der Waals surface area contributed by atoms with E-state index in [2.05, 4.69) is 55.8 Å². The molecule has 96 valence electrons. The smallest absolute Gasteiger partial charge is 0.0141 e. The number of benzene rings is 1. The number of hydrogen-bond acceptors (Lipinski definition) is 2. The van der Waals surface area contributed by atoms with Gasteiger partial charge in [-0.15, -0.1) is 0 Å². The first-order valence-corrected chi connectivity index (χ1v) is 7.93. The molecule has 0 saturated heterocycles. The van der Waals surface area contributed by atoms with Gasteiger partial charge in [-0.25, -0.2) is 0 Å². The lowest BCUT2D eigenvalue weighted by Gasteiger charge is -2.25. The van der Waals surface area contributed by atoms with E-state index in [0.29, 0.717) is 6.04 Å². The van der Waals surface area contributed by atoms with E-state index in [9.17, 15) is 0 Å². The zero-order chi connectivity index (χ0) is 12.5. The van der Waals surface area contributed by atoms with Crippen molar-refractivity contribution in [1.82, 2.24) is 5.32 Å². The molecule has 0 aliphatic heterocycles. The van der Waals surface area contributed by atoms with E-state index < -0.39 is 0 Å². The van der Waals surface area contributed by atoms with E-state index in [4.69, 9.17) is 0 Å². The summed E-state index contributed by atoms with van der Waals surface area (Å²) in [6.45, 7) is 5.70. The molecule has 0 aliphatic rings. The summed E-state index contributed by atoms with van der Waals surface area (Å²) in [5.41, 5.74) is 1.44. The van der Waals surface area contributed by atoms with Gasteiger partial charge in [0, 0.05) is 6.04 Å². The molecule has 0 bridgehead atoms. The predicted molar refractivity (Wildman–Crippen MR) is 79.8 cm³/mol. The Hall–Kier alpha value is -0.470. The van der Waals surface area contributed by atoms with Crippen molar-refractivity contribution < 1.29 is 0 Å². The maximum Gasteiger partial charge on any atom is 0.0141 e. The summed E-state index contributed by atoms with van der Waals surface area (Å²) >= 11 is 1.94. The van der Waals surface area contributed by atoms with Crippen LogP contribution < -0.4 is 5.32 Å². The topological polar surface area (TPSA) is 12.0 Å². The van der Waals surface area contributed by atoms with E-state index in [1.165, 1.54) is 17.7 Å². The van der Waals surface area contributed by atoms with E-state index in [1.807, 2.05) is 11.8 Å². The quantitative estimate of drug-likeness (QED) is 0.757. The van der Waals surface area contributed by atoms with Crippen LogP contribution >= 0.6 is 11.8 Å². The summed E-state index contributed by atoms with van der Waals surface area (Å²) in [5.74, 6) is 1.95. The molecule has 17 heavy (non-hydrogen) atoms. The monoisotopic (exact) mass is 251 g/mol. The molecule has 1 rings (SSSR count). The molecule has 2 heteroatoms. The van der Waals surface area contributed by atoms with Crippen LogP contribution in [-0.2, 0) is 6.42 Å². The summed E-state index contributed by atoms with van der Waals surface area (Å²) in [5, 5.41) is 3.69. The lowest BCUT2D eigenvalue weighted by molar-refractivity contribution is 0.402. The van der Waals surface area contributed by atoms with Gasteiger partial charge in [-0.05, 0) is 42.9 Å². The third kappa shape index (κ3) is 5.60. The van der Waals surface area contributed by atoms with Gasteiger partial charge in [0.15, 0.2) is 0 Å². The molecule has 0 heterocycles. The van der Waals surface area contributed by atoms with Gasteiger partial charge >= 0.3 is 0 Å². The maximum atomic E-state index is 3.69. The maximum absolute atomic E-state index is 3.69. The highest BCUT2D eigenvalue weighted by atomic mass is 32.2. The Bertz CT molecular complexity index is 286. The predicted octanol–water partition coefficient (Wildman–Crippen LogP) is 3.60. The minimum absolute atomic E-state index is 0.602. The lowest BCUT2D eigenvalue weighted by Crippen LogP contribution is -2.38. The van der Waals surface area contributed by atoms with Crippen molar-refractivity contribution in [2.75, 3.05) is 18.6 Å². The zero-order valence-corrected chi connectivity index (χ0v) is 12.1. The van der Waals surface area contributed by atoms with Crippen LogP contribution in [-0.4, -0.2) is 24.6 Å². The third-order valence-electron chi connectivity index (χ3n) is 3.07. The number of nitrogens with one attached hydrogen (secondary N) is 1. The molecule has 0 saturated carbocycles. The average Bonchev–Trinajstić information content (AvgIpc) is 2.36. The summed E-state index contributed by atoms with van der Waals surface area (Å²) in [4.78, 5) is 0. The van der Waals surface area contributed by atoms with Crippen molar-refractivity contribution in [2.45, 2.75) is 32.7 Å².